The van der Waals surface area contributed by atoms with Gasteiger partial charge in [-0.05, 0) is 32.6 Å². The summed E-state index contributed by atoms with van der Waals surface area (Å²) >= 11 is 1.90. The summed E-state index contributed by atoms with van der Waals surface area (Å²) in [5.41, 5.74) is 3.30. The van der Waals surface area contributed by atoms with Gasteiger partial charge in [-0.2, -0.15) is 17.0 Å². The minimum Gasteiger partial charge on any atom is -0.381 e. The van der Waals surface area contributed by atoms with Crippen LogP contribution in [0.1, 0.15) is 30.8 Å². The Balaban J connectivity index is 2.86. The highest BCUT2D eigenvalue weighted by Gasteiger charge is 2.10. The van der Waals surface area contributed by atoms with Crippen molar-refractivity contribution in [1.82, 2.24) is 4.98 Å². The number of nitrogens with zero attached hydrogens (tertiary/aromatic N) is 2. The van der Waals surface area contributed by atoms with Crippen molar-refractivity contribution in [3.05, 3.63) is 23.0 Å². The Morgan fingerprint density at radius 2 is 2.24 bits per heavy atom. The van der Waals surface area contributed by atoms with Crippen molar-refractivity contribution < 1.29 is 0 Å². The average molecular weight is 249 g/mol. The molecule has 0 saturated heterocycles. The number of hydrogen-bond acceptors (Lipinski definition) is 4. The van der Waals surface area contributed by atoms with Crippen LogP contribution in [0.25, 0.3) is 0 Å². The highest BCUT2D eigenvalue weighted by molar-refractivity contribution is 7.99. The first-order valence-corrected chi connectivity index (χ1v) is 6.96. The third-order valence-corrected chi connectivity index (χ3v) is 3.56. The summed E-state index contributed by atoms with van der Waals surface area (Å²) in [6, 6.07) is 4.52. The SMILES string of the molecule is CCSCC(C)Nc1cc(C)nc(C)c1C#N. The molecular formula is C13H19N3S. The van der Waals surface area contributed by atoms with Crippen molar-refractivity contribution in [3.63, 3.8) is 0 Å². The highest BCUT2D eigenvalue weighted by Crippen LogP contribution is 2.20. The van der Waals surface area contributed by atoms with Crippen molar-refractivity contribution >= 4 is 17.4 Å². The van der Waals surface area contributed by atoms with E-state index in [2.05, 4.69) is 30.2 Å². The van der Waals surface area contributed by atoms with E-state index in [1.807, 2.05) is 31.7 Å². The fourth-order valence-corrected chi connectivity index (χ4v) is 2.36. The second-order valence-corrected chi connectivity index (χ2v) is 5.41. The predicted octanol–water partition coefficient (Wildman–Crippen LogP) is 3.12. The number of pyridine rings is 1. The van der Waals surface area contributed by atoms with Crippen LogP contribution in [0.15, 0.2) is 6.07 Å². The summed E-state index contributed by atoms with van der Waals surface area (Å²) in [5.74, 6) is 2.16. The molecule has 0 fully saturated rings. The van der Waals surface area contributed by atoms with Crippen LogP contribution >= 0.6 is 11.8 Å². The summed E-state index contributed by atoms with van der Waals surface area (Å²) in [4.78, 5) is 4.31. The van der Waals surface area contributed by atoms with Gasteiger partial charge in [0.05, 0.1) is 16.9 Å². The van der Waals surface area contributed by atoms with Crippen molar-refractivity contribution in [2.75, 3.05) is 16.8 Å². The minimum absolute atomic E-state index is 0.355. The van der Waals surface area contributed by atoms with Crippen molar-refractivity contribution in [3.8, 4) is 6.07 Å². The average Bonchev–Trinajstić information content (AvgIpc) is 2.25. The van der Waals surface area contributed by atoms with Crippen molar-refractivity contribution in [2.24, 2.45) is 0 Å². The van der Waals surface area contributed by atoms with Crippen molar-refractivity contribution in [1.29, 1.82) is 5.26 Å². The molecule has 0 bridgehead atoms. The third-order valence-electron chi connectivity index (χ3n) is 2.41. The van der Waals surface area contributed by atoms with E-state index < -0.39 is 0 Å². The zero-order valence-electron chi connectivity index (χ0n) is 10.9. The second-order valence-electron chi connectivity index (χ2n) is 4.09. The molecule has 1 heterocycles. The molecular weight excluding hydrogens is 230 g/mol. The lowest BCUT2D eigenvalue weighted by Gasteiger charge is -2.16. The maximum absolute atomic E-state index is 9.14. The van der Waals surface area contributed by atoms with E-state index >= 15 is 0 Å². The van der Waals surface area contributed by atoms with E-state index in [0.717, 1.165) is 28.6 Å². The zero-order chi connectivity index (χ0) is 12.8. The Hall–Kier alpha value is -1.21. The normalized spacial score (nSPS) is 11.9. The fraction of sp³-hybridized carbons (Fsp3) is 0.538. The summed E-state index contributed by atoms with van der Waals surface area (Å²) in [5, 5.41) is 12.5. The molecule has 0 amide bonds. The number of thioether (sulfide) groups is 1. The maximum atomic E-state index is 9.14. The van der Waals surface area contributed by atoms with Gasteiger partial charge in [0, 0.05) is 17.5 Å². The molecule has 17 heavy (non-hydrogen) atoms. The molecule has 0 aromatic carbocycles. The Bertz CT molecular complexity index is 423. The number of hydrogen-bond donors (Lipinski definition) is 1. The molecule has 0 aliphatic heterocycles. The van der Waals surface area contributed by atoms with Crippen LogP contribution in [0.3, 0.4) is 0 Å². The third kappa shape index (κ3) is 3.94. The summed E-state index contributed by atoms with van der Waals surface area (Å²) in [6.45, 7) is 8.11. The Labute approximate surface area is 108 Å². The molecule has 1 N–H and O–H groups in total. The standard InChI is InChI=1S/C13H19N3S/c1-5-17-8-10(3)16-13-6-9(2)15-11(4)12(13)7-14/h6,10H,5,8H2,1-4H3,(H,15,16). The Kier molecular flexibility index (Phi) is 5.30. The molecule has 1 aromatic rings. The van der Waals surface area contributed by atoms with Crippen LogP contribution in [0.2, 0.25) is 0 Å². The molecule has 1 aromatic heterocycles. The van der Waals surface area contributed by atoms with Gasteiger partial charge in [0.15, 0.2) is 0 Å². The zero-order valence-corrected chi connectivity index (χ0v) is 11.7. The first kappa shape index (κ1) is 13.9. The topological polar surface area (TPSA) is 48.7 Å². The number of nitrogens with one attached hydrogen (secondary N) is 1. The molecule has 0 aliphatic rings. The summed E-state index contributed by atoms with van der Waals surface area (Å²) in [6.07, 6.45) is 0. The van der Waals surface area contributed by atoms with Gasteiger partial charge in [-0.1, -0.05) is 6.92 Å². The predicted molar refractivity (Wildman–Crippen MR) is 74.5 cm³/mol. The lowest BCUT2D eigenvalue weighted by atomic mass is 10.1. The molecule has 4 heteroatoms. The summed E-state index contributed by atoms with van der Waals surface area (Å²) in [7, 11) is 0. The first-order valence-electron chi connectivity index (χ1n) is 5.81. The van der Waals surface area contributed by atoms with Gasteiger partial charge in [-0.3, -0.25) is 4.98 Å². The molecule has 3 nitrogen and oxygen atoms in total. The van der Waals surface area contributed by atoms with Gasteiger partial charge >= 0.3 is 0 Å². The fourth-order valence-electron chi connectivity index (χ4n) is 1.69. The first-order chi connectivity index (χ1) is 8.08. The maximum Gasteiger partial charge on any atom is 0.103 e. The van der Waals surface area contributed by atoms with Gasteiger partial charge < -0.3 is 5.32 Å². The number of anilines is 1. The smallest absolute Gasteiger partial charge is 0.103 e. The summed E-state index contributed by atoms with van der Waals surface area (Å²) < 4.78 is 0. The number of aromatic nitrogens is 1. The molecule has 0 spiro atoms. The van der Waals surface area contributed by atoms with E-state index in [-0.39, 0.29) is 0 Å². The van der Waals surface area contributed by atoms with Crippen LogP contribution < -0.4 is 5.32 Å². The van der Waals surface area contributed by atoms with Crippen LogP contribution in [-0.2, 0) is 0 Å². The van der Waals surface area contributed by atoms with E-state index in [1.54, 1.807) is 0 Å². The van der Waals surface area contributed by atoms with Gasteiger partial charge in [0.2, 0.25) is 0 Å². The minimum atomic E-state index is 0.355. The van der Waals surface area contributed by atoms with Crippen LogP contribution in [0.4, 0.5) is 5.69 Å². The molecule has 0 radical (unpaired) electrons. The van der Waals surface area contributed by atoms with Crippen molar-refractivity contribution in [2.45, 2.75) is 33.7 Å². The van der Waals surface area contributed by atoms with Gasteiger partial charge in [0.1, 0.15) is 6.07 Å². The Morgan fingerprint density at radius 3 is 2.82 bits per heavy atom. The van der Waals surface area contributed by atoms with Crippen LogP contribution in [0, 0.1) is 25.2 Å². The Morgan fingerprint density at radius 1 is 1.53 bits per heavy atom. The molecule has 1 unspecified atom stereocenters. The second kappa shape index (κ2) is 6.51. The molecule has 1 atom stereocenters. The largest absolute Gasteiger partial charge is 0.381 e. The quantitative estimate of drug-likeness (QED) is 0.871. The van der Waals surface area contributed by atoms with E-state index in [9.17, 15) is 0 Å². The lowest BCUT2D eigenvalue weighted by Crippen LogP contribution is -2.19. The van der Waals surface area contributed by atoms with E-state index in [4.69, 9.17) is 5.26 Å². The number of nitriles is 1. The van der Waals surface area contributed by atoms with Crippen LogP contribution in [0.5, 0.6) is 0 Å². The molecule has 0 saturated carbocycles. The molecule has 0 aliphatic carbocycles. The highest BCUT2D eigenvalue weighted by atomic mass is 32.2. The van der Waals surface area contributed by atoms with Crippen LogP contribution in [-0.4, -0.2) is 22.5 Å². The van der Waals surface area contributed by atoms with E-state index in [1.165, 1.54) is 0 Å². The van der Waals surface area contributed by atoms with Gasteiger partial charge in [0.25, 0.3) is 0 Å². The number of rotatable bonds is 5. The van der Waals surface area contributed by atoms with E-state index in [0.29, 0.717) is 11.6 Å². The van der Waals surface area contributed by atoms with Gasteiger partial charge in [-0.25, -0.2) is 0 Å². The van der Waals surface area contributed by atoms with Gasteiger partial charge in [-0.15, -0.1) is 0 Å². The molecule has 1 rings (SSSR count). The monoisotopic (exact) mass is 249 g/mol. The molecule has 92 valence electrons. The number of aryl methyl sites for hydroxylation is 2. The lowest BCUT2D eigenvalue weighted by molar-refractivity contribution is 0.908.